The van der Waals surface area contributed by atoms with Gasteiger partial charge in [-0.3, -0.25) is 4.79 Å². The molecule has 1 aromatic carbocycles. The van der Waals surface area contributed by atoms with Crippen LogP contribution in [0.1, 0.15) is 38.2 Å². The van der Waals surface area contributed by atoms with Crippen molar-refractivity contribution in [2.75, 3.05) is 32.8 Å². The van der Waals surface area contributed by atoms with Gasteiger partial charge < -0.3 is 25.2 Å². The summed E-state index contributed by atoms with van der Waals surface area (Å²) in [6.07, 6.45) is 3.27. The van der Waals surface area contributed by atoms with Gasteiger partial charge in [0.2, 0.25) is 5.91 Å². The number of piperidine rings is 1. The van der Waals surface area contributed by atoms with Gasteiger partial charge in [-0.1, -0.05) is 12.1 Å². The van der Waals surface area contributed by atoms with Gasteiger partial charge in [0.1, 0.15) is 12.4 Å². The summed E-state index contributed by atoms with van der Waals surface area (Å²) in [5, 5.41) is 10.4. The summed E-state index contributed by atoms with van der Waals surface area (Å²) in [6.45, 7) is 4.77. The summed E-state index contributed by atoms with van der Waals surface area (Å²) in [5.74, 6) is 0.870. The molecule has 0 bridgehead atoms. The van der Waals surface area contributed by atoms with Gasteiger partial charge in [-0.05, 0) is 43.9 Å². The molecule has 0 saturated carbocycles. The van der Waals surface area contributed by atoms with E-state index in [-0.39, 0.29) is 11.5 Å². The highest BCUT2D eigenvalue weighted by Crippen LogP contribution is 2.39. The van der Waals surface area contributed by atoms with E-state index in [1.807, 2.05) is 36.1 Å². The average molecular weight is 362 g/mol. The van der Waals surface area contributed by atoms with E-state index in [1.165, 1.54) is 0 Å². The zero-order valence-corrected chi connectivity index (χ0v) is 15.6. The summed E-state index contributed by atoms with van der Waals surface area (Å²) in [4.78, 5) is 14.6. The highest BCUT2D eigenvalue weighted by atomic mass is 16.5. The third-order valence-corrected chi connectivity index (χ3v) is 5.42. The Morgan fingerprint density at radius 2 is 2.12 bits per heavy atom. The first kappa shape index (κ1) is 19.1. The van der Waals surface area contributed by atoms with E-state index in [1.54, 1.807) is 0 Å². The molecule has 2 aliphatic rings. The Hall–Kier alpha value is -1.63. The molecule has 6 nitrogen and oxygen atoms in total. The molecule has 144 valence electrons. The Balaban J connectivity index is 1.54. The number of benzene rings is 1. The zero-order chi connectivity index (χ0) is 18.6. The molecule has 1 amide bonds. The molecule has 2 aliphatic heterocycles. The second-order valence-electron chi connectivity index (χ2n) is 7.80. The van der Waals surface area contributed by atoms with Gasteiger partial charge in [0.25, 0.3) is 0 Å². The van der Waals surface area contributed by atoms with Crippen LogP contribution in [0.5, 0.6) is 5.75 Å². The van der Waals surface area contributed by atoms with Gasteiger partial charge in [0, 0.05) is 26.1 Å². The van der Waals surface area contributed by atoms with E-state index in [0.29, 0.717) is 52.1 Å². The maximum atomic E-state index is 12.7. The van der Waals surface area contributed by atoms with Crippen molar-refractivity contribution in [2.24, 2.45) is 5.73 Å². The fraction of sp³-hybridized carbons (Fsp3) is 0.650. The van der Waals surface area contributed by atoms with Crippen molar-refractivity contribution in [2.45, 2.75) is 50.2 Å². The molecule has 6 heteroatoms. The number of carbonyl (C=O) groups excluding carboxylic acids is 1. The molecule has 26 heavy (non-hydrogen) atoms. The van der Waals surface area contributed by atoms with E-state index in [9.17, 15) is 9.90 Å². The number of likely N-dealkylation sites (tertiary alicyclic amines) is 1. The second kappa shape index (κ2) is 7.94. The zero-order valence-electron chi connectivity index (χ0n) is 15.6. The average Bonchev–Trinajstić information content (AvgIpc) is 2.60. The molecule has 1 spiro atoms. The lowest BCUT2D eigenvalue weighted by Crippen LogP contribution is -2.54. The smallest absolute Gasteiger partial charge is 0.226 e. The van der Waals surface area contributed by atoms with Gasteiger partial charge in [-0.25, -0.2) is 0 Å². The summed E-state index contributed by atoms with van der Waals surface area (Å²) >= 11 is 0. The van der Waals surface area contributed by atoms with Crippen LogP contribution in [-0.2, 0) is 16.0 Å². The predicted octanol–water partition coefficient (Wildman–Crippen LogP) is 1.49. The molecule has 0 aromatic heterocycles. The largest absolute Gasteiger partial charge is 0.492 e. The van der Waals surface area contributed by atoms with Gasteiger partial charge in [0.15, 0.2) is 0 Å². The Bertz CT molecular complexity index is 624. The van der Waals surface area contributed by atoms with Gasteiger partial charge in [-0.15, -0.1) is 0 Å². The number of nitrogens with two attached hydrogens (primary N) is 1. The van der Waals surface area contributed by atoms with E-state index in [4.69, 9.17) is 15.2 Å². The number of nitrogens with zero attached hydrogens (tertiary/aromatic N) is 1. The number of rotatable bonds is 5. The molecule has 2 saturated heterocycles. The molecule has 2 heterocycles. The van der Waals surface area contributed by atoms with Crippen molar-refractivity contribution >= 4 is 5.91 Å². The van der Waals surface area contributed by atoms with Crippen molar-refractivity contribution in [1.82, 2.24) is 4.90 Å². The van der Waals surface area contributed by atoms with Crippen LogP contribution in [-0.4, -0.2) is 60.0 Å². The number of ether oxygens (including phenoxy) is 2. The lowest BCUT2D eigenvalue weighted by Gasteiger charge is -2.48. The molecule has 1 atom stereocenters. The first-order valence-corrected chi connectivity index (χ1v) is 9.47. The molecular formula is C20H30N2O4. The van der Waals surface area contributed by atoms with Crippen LogP contribution in [0.4, 0.5) is 0 Å². The highest BCUT2D eigenvalue weighted by molar-refractivity contribution is 5.79. The van der Waals surface area contributed by atoms with Crippen LogP contribution in [0, 0.1) is 0 Å². The Labute approximate surface area is 155 Å². The van der Waals surface area contributed by atoms with Crippen LogP contribution < -0.4 is 10.5 Å². The van der Waals surface area contributed by atoms with Crippen molar-refractivity contribution in [1.29, 1.82) is 0 Å². The minimum Gasteiger partial charge on any atom is -0.492 e. The number of aliphatic hydroxyl groups is 1. The maximum absolute atomic E-state index is 12.7. The van der Waals surface area contributed by atoms with E-state index < -0.39 is 5.60 Å². The molecule has 1 aromatic rings. The third-order valence-electron chi connectivity index (χ3n) is 5.42. The second-order valence-corrected chi connectivity index (χ2v) is 7.80. The summed E-state index contributed by atoms with van der Waals surface area (Å²) in [7, 11) is 0. The van der Waals surface area contributed by atoms with Crippen molar-refractivity contribution in [3.63, 3.8) is 0 Å². The normalized spacial score (nSPS) is 25.3. The van der Waals surface area contributed by atoms with Gasteiger partial charge in [0.05, 0.1) is 24.2 Å². The van der Waals surface area contributed by atoms with Gasteiger partial charge >= 0.3 is 0 Å². The minimum absolute atomic E-state index is 0.124. The first-order chi connectivity index (χ1) is 12.4. The number of hydrogen-bond donors (Lipinski definition) is 2. The number of carbonyl (C=O) groups is 1. The van der Waals surface area contributed by atoms with Crippen molar-refractivity contribution in [3.8, 4) is 5.75 Å². The third kappa shape index (κ3) is 4.75. The lowest BCUT2D eigenvalue weighted by molar-refractivity contribution is -0.175. The molecule has 0 aliphatic carbocycles. The van der Waals surface area contributed by atoms with Crippen LogP contribution in [0.2, 0.25) is 0 Å². The predicted molar refractivity (Wildman–Crippen MR) is 99.1 cm³/mol. The fourth-order valence-corrected chi connectivity index (χ4v) is 4.01. The first-order valence-electron chi connectivity index (χ1n) is 9.47. The fourth-order valence-electron chi connectivity index (χ4n) is 4.01. The standard InChI is InChI=1S/C20H30N2O4/c1-19(24)7-11-26-20(15-19)5-9-22(10-6-20)18(23)14-16-3-2-4-17(13-16)25-12-8-21/h2-4,13,24H,5-12,14-15,21H2,1H3. The van der Waals surface area contributed by atoms with Gasteiger partial charge in [-0.2, -0.15) is 0 Å². The topological polar surface area (TPSA) is 85.0 Å². The Morgan fingerprint density at radius 1 is 1.35 bits per heavy atom. The number of amides is 1. The van der Waals surface area contributed by atoms with E-state index in [0.717, 1.165) is 24.2 Å². The SMILES string of the molecule is CC1(O)CCOC2(CCN(C(=O)Cc3cccc(OCCN)c3)CC2)C1. The molecular weight excluding hydrogens is 332 g/mol. The molecule has 0 radical (unpaired) electrons. The van der Waals surface area contributed by atoms with Crippen molar-refractivity contribution in [3.05, 3.63) is 29.8 Å². The molecule has 3 N–H and O–H groups in total. The molecule has 1 unspecified atom stereocenters. The Morgan fingerprint density at radius 3 is 2.81 bits per heavy atom. The maximum Gasteiger partial charge on any atom is 0.226 e. The summed E-state index contributed by atoms with van der Waals surface area (Å²) < 4.78 is 11.5. The summed E-state index contributed by atoms with van der Waals surface area (Å²) in [6, 6.07) is 7.62. The highest BCUT2D eigenvalue weighted by Gasteiger charge is 2.44. The van der Waals surface area contributed by atoms with Crippen LogP contribution in [0.25, 0.3) is 0 Å². The van der Waals surface area contributed by atoms with Crippen molar-refractivity contribution < 1.29 is 19.4 Å². The molecule has 2 fully saturated rings. The van der Waals surface area contributed by atoms with Crippen LogP contribution in [0.3, 0.4) is 0 Å². The number of hydrogen-bond acceptors (Lipinski definition) is 5. The van der Waals surface area contributed by atoms with Crippen LogP contribution in [0.15, 0.2) is 24.3 Å². The Kier molecular flexibility index (Phi) is 5.85. The lowest BCUT2D eigenvalue weighted by atomic mass is 9.78. The minimum atomic E-state index is -0.658. The van der Waals surface area contributed by atoms with Crippen LogP contribution >= 0.6 is 0 Å². The molecule has 3 rings (SSSR count). The summed E-state index contributed by atoms with van der Waals surface area (Å²) in [5.41, 5.74) is 5.48. The van der Waals surface area contributed by atoms with E-state index in [2.05, 4.69) is 0 Å². The quantitative estimate of drug-likeness (QED) is 0.829. The van der Waals surface area contributed by atoms with E-state index >= 15 is 0 Å². The monoisotopic (exact) mass is 362 g/mol.